The molecule has 8 heteroatoms. The van der Waals surface area contributed by atoms with E-state index in [0.717, 1.165) is 46.6 Å². The molecule has 1 atom stereocenters. The minimum atomic E-state index is -0.0644. The van der Waals surface area contributed by atoms with Crippen LogP contribution in [-0.2, 0) is 23.1 Å². The molecule has 4 rings (SSSR count). The molecule has 29 heavy (non-hydrogen) atoms. The van der Waals surface area contributed by atoms with Gasteiger partial charge in [0.25, 0.3) is 5.91 Å². The summed E-state index contributed by atoms with van der Waals surface area (Å²) in [5.41, 5.74) is 2.73. The molecule has 0 aromatic carbocycles. The Morgan fingerprint density at radius 2 is 2.31 bits per heavy atom. The predicted molar refractivity (Wildman–Crippen MR) is 112 cm³/mol. The molecular weight excluding hydrogens is 388 g/mol. The lowest BCUT2D eigenvalue weighted by atomic mass is 10.2. The van der Waals surface area contributed by atoms with Gasteiger partial charge in [0.2, 0.25) is 5.88 Å². The van der Waals surface area contributed by atoms with Crippen molar-refractivity contribution in [1.82, 2.24) is 19.7 Å². The number of fused-ring (bicyclic) bond motifs is 1. The summed E-state index contributed by atoms with van der Waals surface area (Å²) >= 11 is 1.65. The van der Waals surface area contributed by atoms with Gasteiger partial charge in [-0.25, -0.2) is 9.67 Å². The van der Waals surface area contributed by atoms with Crippen molar-refractivity contribution in [3.63, 3.8) is 0 Å². The molecule has 1 amide bonds. The molecular formula is C21H26N4O3S. The second-order valence-electron chi connectivity index (χ2n) is 7.49. The van der Waals surface area contributed by atoms with Crippen molar-refractivity contribution in [3.05, 3.63) is 39.7 Å². The molecule has 3 aromatic heterocycles. The zero-order valence-electron chi connectivity index (χ0n) is 17.1. The first-order valence-electron chi connectivity index (χ1n) is 9.87. The minimum absolute atomic E-state index is 0.0580. The van der Waals surface area contributed by atoms with E-state index in [1.54, 1.807) is 16.0 Å². The van der Waals surface area contributed by atoms with Crippen LogP contribution in [0.15, 0.2) is 23.6 Å². The Balaban J connectivity index is 1.49. The van der Waals surface area contributed by atoms with Crippen molar-refractivity contribution in [3.8, 4) is 5.88 Å². The molecule has 0 radical (unpaired) electrons. The molecule has 154 valence electrons. The number of rotatable bonds is 7. The first-order chi connectivity index (χ1) is 14.0. The summed E-state index contributed by atoms with van der Waals surface area (Å²) in [6.07, 6.45) is 2.14. The lowest BCUT2D eigenvalue weighted by Crippen LogP contribution is -2.39. The van der Waals surface area contributed by atoms with Gasteiger partial charge in [-0.05, 0) is 49.8 Å². The van der Waals surface area contributed by atoms with Crippen LogP contribution in [-0.4, -0.2) is 51.4 Å². The van der Waals surface area contributed by atoms with E-state index in [0.29, 0.717) is 19.0 Å². The van der Waals surface area contributed by atoms with Gasteiger partial charge in [-0.1, -0.05) is 6.07 Å². The zero-order valence-corrected chi connectivity index (χ0v) is 17.9. The Bertz CT molecular complexity index is 993. The van der Waals surface area contributed by atoms with E-state index >= 15 is 0 Å². The maximum absolute atomic E-state index is 13.0. The van der Waals surface area contributed by atoms with Crippen LogP contribution in [0, 0.1) is 13.8 Å². The topological polar surface area (TPSA) is 69.5 Å². The van der Waals surface area contributed by atoms with Crippen LogP contribution in [0.2, 0.25) is 0 Å². The molecule has 7 nitrogen and oxygen atoms in total. The van der Waals surface area contributed by atoms with Gasteiger partial charge in [0.05, 0.1) is 18.0 Å². The highest BCUT2D eigenvalue weighted by molar-refractivity contribution is 7.09. The van der Waals surface area contributed by atoms with E-state index in [9.17, 15) is 4.79 Å². The highest BCUT2D eigenvalue weighted by atomic mass is 32.1. The van der Waals surface area contributed by atoms with Crippen molar-refractivity contribution < 1.29 is 14.3 Å². The number of hydrogen-bond donors (Lipinski definition) is 0. The summed E-state index contributed by atoms with van der Waals surface area (Å²) in [4.78, 5) is 20.5. The SMILES string of the molecule is Cc1cc(C)c2c(OCC(=O)N(Cc3cccs3)CC3CCCO3)nn(C)c2n1. The molecule has 0 saturated carbocycles. The number of pyridine rings is 1. The number of aryl methyl sites for hydroxylation is 3. The maximum atomic E-state index is 13.0. The van der Waals surface area contributed by atoms with Gasteiger partial charge >= 0.3 is 0 Å². The molecule has 1 aliphatic heterocycles. The monoisotopic (exact) mass is 414 g/mol. The average Bonchev–Trinajstić information content (AvgIpc) is 3.42. The number of hydrogen-bond acceptors (Lipinski definition) is 6. The van der Waals surface area contributed by atoms with Crippen LogP contribution in [0.1, 0.15) is 29.0 Å². The molecule has 0 N–H and O–H groups in total. The van der Waals surface area contributed by atoms with Crippen LogP contribution in [0.5, 0.6) is 5.88 Å². The van der Waals surface area contributed by atoms with Gasteiger partial charge in [0.15, 0.2) is 12.3 Å². The smallest absolute Gasteiger partial charge is 0.260 e. The van der Waals surface area contributed by atoms with Crippen molar-refractivity contribution in [2.45, 2.75) is 39.3 Å². The second kappa shape index (κ2) is 8.51. The van der Waals surface area contributed by atoms with Gasteiger partial charge in [-0.3, -0.25) is 4.79 Å². The molecule has 0 aliphatic carbocycles. The van der Waals surface area contributed by atoms with Crippen molar-refractivity contribution in [2.24, 2.45) is 7.05 Å². The van der Waals surface area contributed by atoms with Crippen molar-refractivity contribution >= 4 is 28.3 Å². The largest absolute Gasteiger partial charge is 0.466 e. The molecule has 1 fully saturated rings. The minimum Gasteiger partial charge on any atom is -0.466 e. The van der Waals surface area contributed by atoms with Gasteiger partial charge in [-0.15, -0.1) is 16.4 Å². The first-order valence-corrected chi connectivity index (χ1v) is 10.7. The predicted octanol–water partition coefficient (Wildman–Crippen LogP) is 3.23. The molecule has 4 heterocycles. The lowest BCUT2D eigenvalue weighted by Gasteiger charge is -2.25. The van der Waals surface area contributed by atoms with Gasteiger partial charge in [-0.2, -0.15) is 0 Å². The fraction of sp³-hybridized carbons (Fsp3) is 0.476. The zero-order chi connectivity index (χ0) is 20.4. The molecule has 3 aromatic rings. The average molecular weight is 415 g/mol. The van der Waals surface area contributed by atoms with E-state index in [2.05, 4.69) is 10.1 Å². The van der Waals surface area contributed by atoms with Gasteiger partial charge in [0.1, 0.15) is 0 Å². The number of carbonyl (C=O) groups excluding carboxylic acids is 1. The van der Waals surface area contributed by atoms with Crippen LogP contribution < -0.4 is 4.74 Å². The Morgan fingerprint density at radius 3 is 3.03 bits per heavy atom. The Kier molecular flexibility index (Phi) is 5.82. The normalized spacial score (nSPS) is 16.4. The Hall–Kier alpha value is -2.45. The van der Waals surface area contributed by atoms with Crippen LogP contribution >= 0.6 is 11.3 Å². The highest BCUT2D eigenvalue weighted by Gasteiger charge is 2.24. The van der Waals surface area contributed by atoms with E-state index in [-0.39, 0.29) is 18.6 Å². The standard InChI is InChI=1S/C21H26N4O3S/c1-14-10-15(2)22-20-19(14)21(23-24(20)3)28-13-18(26)25(11-16-6-4-8-27-16)12-17-7-5-9-29-17/h5,7,9-10,16H,4,6,8,11-13H2,1-3H3. The number of carbonyl (C=O) groups is 1. The third kappa shape index (κ3) is 4.43. The van der Waals surface area contributed by atoms with Crippen molar-refractivity contribution in [2.75, 3.05) is 19.8 Å². The molecule has 0 spiro atoms. The molecule has 1 aliphatic rings. The first kappa shape index (κ1) is 19.8. The molecule has 1 unspecified atom stereocenters. The fourth-order valence-electron chi connectivity index (χ4n) is 3.75. The van der Waals surface area contributed by atoms with E-state index < -0.39 is 0 Å². The highest BCUT2D eigenvalue weighted by Crippen LogP contribution is 2.27. The fourth-order valence-corrected chi connectivity index (χ4v) is 4.47. The lowest BCUT2D eigenvalue weighted by molar-refractivity contribution is -0.135. The summed E-state index contributed by atoms with van der Waals surface area (Å²) in [6.45, 7) is 5.83. The van der Waals surface area contributed by atoms with E-state index in [4.69, 9.17) is 9.47 Å². The maximum Gasteiger partial charge on any atom is 0.260 e. The van der Waals surface area contributed by atoms with E-state index in [1.165, 1.54) is 0 Å². The summed E-state index contributed by atoms with van der Waals surface area (Å²) in [5, 5.41) is 7.32. The quantitative estimate of drug-likeness (QED) is 0.594. The Morgan fingerprint density at radius 1 is 1.45 bits per heavy atom. The summed E-state index contributed by atoms with van der Waals surface area (Å²) in [7, 11) is 1.84. The molecule has 1 saturated heterocycles. The number of ether oxygens (including phenoxy) is 2. The van der Waals surface area contributed by atoms with Crippen LogP contribution in [0.4, 0.5) is 0 Å². The summed E-state index contributed by atoms with van der Waals surface area (Å²) < 4.78 is 13.3. The number of aromatic nitrogens is 3. The van der Waals surface area contributed by atoms with Crippen LogP contribution in [0.3, 0.4) is 0 Å². The number of thiophene rings is 1. The number of nitrogens with zero attached hydrogens (tertiary/aromatic N) is 4. The summed E-state index contributed by atoms with van der Waals surface area (Å²) in [6, 6.07) is 6.05. The molecule has 0 bridgehead atoms. The van der Waals surface area contributed by atoms with Gasteiger partial charge < -0.3 is 14.4 Å². The second-order valence-corrected chi connectivity index (χ2v) is 8.52. The van der Waals surface area contributed by atoms with Gasteiger partial charge in [0, 0.05) is 30.8 Å². The Labute approximate surface area is 174 Å². The van der Waals surface area contributed by atoms with Crippen molar-refractivity contribution in [1.29, 1.82) is 0 Å². The summed E-state index contributed by atoms with van der Waals surface area (Å²) in [5.74, 6) is 0.388. The van der Waals surface area contributed by atoms with Crippen LogP contribution in [0.25, 0.3) is 11.0 Å². The number of amides is 1. The third-order valence-electron chi connectivity index (χ3n) is 5.15. The third-order valence-corrected chi connectivity index (χ3v) is 6.01. The van der Waals surface area contributed by atoms with E-state index in [1.807, 2.05) is 49.4 Å².